The molecule has 15 heavy (non-hydrogen) atoms. The number of hydrogen-bond acceptors (Lipinski definition) is 4. The first-order valence-corrected chi connectivity index (χ1v) is 5.27. The number of fused-ring (bicyclic) bond motifs is 1. The molecule has 1 aromatic heterocycles. The molecule has 5 heteroatoms. The highest BCUT2D eigenvalue weighted by Crippen LogP contribution is 2.30. The summed E-state index contributed by atoms with van der Waals surface area (Å²) in [5.74, 6) is 0.696. The van der Waals surface area contributed by atoms with Crippen LogP contribution in [0.4, 0.5) is 0 Å². The lowest BCUT2D eigenvalue weighted by molar-refractivity contribution is 0.00243. The van der Waals surface area contributed by atoms with Crippen LogP contribution in [0.25, 0.3) is 0 Å². The van der Waals surface area contributed by atoms with Crippen LogP contribution in [0.15, 0.2) is 17.0 Å². The van der Waals surface area contributed by atoms with Crippen molar-refractivity contribution < 1.29 is 9.32 Å². The van der Waals surface area contributed by atoms with Crippen molar-refractivity contribution in [2.45, 2.75) is 12.5 Å². The Hall–Kier alpha value is -1.36. The number of nitrogens with zero attached hydrogens (tertiary/aromatic N) is 2. The first-order chi connectivity index (χ1) is 7.36. The third-order valence-corrected chi connectivity index (χ3v) is 3.34. The summed E-state index contributed by atoms with van der Waals surface area (Å²) in [6, 6.07) is 0.425. The third kappa shape index (κ3) is 1.34. The van der Waals surface area contributed by atoms with E-state index in [4.69, 9.17) is 0 Å². The Balaban J connectivity index is 1.72. The second-order valence-electron chi connectivity index (χ2n) is 4.19. The molecule has 2 aliphatic heterocycles. The van der Waals surface area contributed by atoms with Crippen molar-refractivity contribution >= 4 is 5.91 Å². The molecule has 80 valence electrons. The van der Waals surface area contributed by atoms with Crippen LogP contribution in [0.2, 0.25) is 0 Å². The van der Waals surface area contributed by atoms with Gasteiger partial charge in [-0.25, -0.2) is 0 Å². The van der Waals surface area contributed by atoms with E-state index in [0.717, 1.165) is 26.1 Å². The molecule has 2 aliphatic rings. The maximum Gasteiger partial charge on any atom is 0.259 e. The van der Waals surface area contributed by atoms with Crippen molar-refractivity contribution in [1.82, 2.24) is 15.4 Å². The maximum absolute atomic E-state index is 11.9. The molecule has 2 atom stereocenters. The Bertz CT molecular complexity index is 363. The van der Waals surface area contributed by atoms with Gasteiger partial charge in [-0.3, -0.25) is 4.79 Å². The Kier molecular flexibility index (Phi) is 1.98. The lowest BCUT2D eigenvalue weighted by Gasteiger charge is -2.50. The van der Waals surface area contributed by atoms with Crippen molar-refractivity contribution in [1.29, 1.82) is 0 Å². The summed E-state index contributed by atoms with van der Waals surface area (Å²) in [7, 11) is 0. The quantitative estimate of drug-likeness (QED) is 0.710. The summed E-state index contributed by atoms with van der Waals surface area (Å²) < 4.78 is 4.68. The molecule has 0 aliphatic carbocycles. The fraction of sp³-hybridized carbons (Fsp3) is 0.600. The molecule has 3 heterocycles. The highest BCUT2D eigenvalue weighted by molar-refractivity contribution is 5.94. The minimum atomic E-state index is 0.0550. The predicted molar refractivity (Wildman–Crippen MR) is 52.3 cm³/mol. The molecule has 0 bridgehead atoms. The van der Waals surface area contributed by atoms with E-state index in [1.165, 1.54) is 12.5 Å². The SMILES string of the molecule is O=C(c1cnoc1)N1CC2CNCCC21. The molecule has 2 saturated heterocycles. The van der Waals surface area contributed by atoms with Gasteiger partial charge in [-0.15, -0.1) is 0 Å². The van der Waals surface area contributed by atoms with Gasteiger partial charge in [-0.1, -0.05) is 5.16 Å². The smallest absolute Gasteiger partial charge is 0.259 e. The van der Waals surface area contributed by atoms with E-state index in [-0.39, 0.29) is 5.91 Å². The lowest BCUT2D eigenvalue weighted by atomic mass is 9.83. The molecular formula is C10H13N3O2. The molecule has 0 spiro atoms. The van der Waals surface area contributed by atoms with E-state index in [0.29, 0.717) is 17.5 Å². The molecule has 2 fully saturated rings. The van der Waals surface area contributed by atoms with E-state index < -0.39 is 0 Å². The highest BCUT2D eigenvalue weighted by atomic mass is 16.5. The number of rotatable bonds is 1. The Morgan fingerprint density at radius 2 is 2.60 bits per heavy atom. The van der Waals surface area contributed by atoms with Gasteiger partial charge in [0.2, 0.25) is 0 Å². The average molecular weight is 207 g/mol. The fourth-order valence-electron chi connectivity index (χ4n) is 2.47. The largest absolute Gasteiger partial charge is 0.364 e. The van der Waals surface area contributed by atoms with Crippen LogP contribution in [-0.4, -0.2) is 41.6 Å². The number of hydrogen-bond donors (Lipinski definition) is 1. The third-order valence-electron chi connectivity index (χ3n) is 3.34. The summed E-state index contributed by atoms with van der Waals surface area (Å²) in [5, 5.41) is 6.89. The van der Waals surface area contributed by atoms with E-state index in [2.05, 4.69) is 15.0 Å². The normalized spacial score (nSPS) is 29.5. The Morgan fingerprint density at radius 1 is 1.67 bits per heavy atom. The summed E-state index contributed by atoms with van der Waals surface area (Å²) in [6.07, 6.45) is 3.95. The first kappa shape index (κ1) is 8.91. The summed E-state index contributed by atoms with van der Waals surface area (Å²) in [6.45, 7) is 2.91. The lowest BCUT2D eigenvalue weighted by Crippen LogP contribution is -2.64. The Labute approximate surface area is 87.4 Å². The predicted octanol–water partition coefficient (Wildman–Crippen LogP) is 0.108. The van der Waals surface area contributed by atoms with E-state index in [1.54, 1.807) is 0 Å². The topological polar surface area (TPSA) is 58.4 Å². The van der Waals surface area contributed by atoms with Gasteiger partial charge in [-0.05, 0) is 13.0 Å². The molecule has 3 rings (SSSR count). The molecule has 1 N–H and O–H groups in total. The van der Waals surface area contributed by atoms with Crippen molar-refractivity contribution in [3.8, 4) is 0 Å². The second kappa shape index (κ2) is 3.34. The van der Waals surface area contributed by atoms with Crippen LogP contribution in [0.5, 0.6) is 0 Å². The number of carbonyl (C=O) groups is 1. The van der Waals surface area contributed by atoms with Gasteiger partial charge in [-0.2, -0.15) is 0 Å². The molecule has 5 nitrogen and oxygen atoms in total. The molecule has 0 saturated carbocycles. The summed E-state index contributed by atoms with van der Waals surface area (Å²) in [4.78, 5) is 13.9. The van der Waals surface area contributed by atoms with Gasteiger partial charge in [0.25, 0.3) is 5.91 Å². The monoisotopic (exact) mass is 207 g/mol. The van der Waals surface area contributed by atoms with Crippen LogP contribution in [0.1, 0.15) is 16.8 Å². The van der Waals surface area contributed by atoms with Crippen molar-refractivity contribution in [2.24, 2.45) is 5.92 Å². The first-order valence-electron chi connectivity index (χ1n) is 5.27. The molecule has 1 amide bonds. The zero-order chi connectivity index (χ0) is 10.3. The fourth-order valence-corrected chi connectivity index (χ4v) is 2.47. The van der Waals surface area contributed by atoms with Crippen molar-refractivity contribution in [3.63, 3.8) is 0 Å². The molecular weight excluding hydrogens is 194 g/mol. The standard InChI is InChI=1S/C10H13N3O2/c14-10(8-4-12-15-6-8)13-5-7-3-11-2-1-9(7)13/h4,6-7,9,11H,1-3,5H2. The second-order valence-corrected chi connectivity index (χ2v) is 4.19. The number of nitrogens with one attached hydrogen (secondary N) is 1. The number of amides is 1. The van der Waals surface area contributed by atoms with Gasteiger partial charge in [0.15, 0.2) is 0 Å². The van der Waals surface area contributed by atoms with Crippen LogP contribution < -0.4 is 5.32 Å². The van der Waals surface area contributed by atoms with Gasteiger partial charge < -0.3 is 14.7 Å². The molecule has 2 unspecified atom stereocenters. The minimum Gasteiger partial charge on any atom is -0.364 e. The van der Waals surface area contributed by atoms with E-state index in [9.17, 15) is 4.79 Å². The van der Waals surface area contributed by atoms with Crippen molar-refractivity contribution in [2.75, 3.05) is 19.6 Å². The van der Waals surface area contributed by atoms with E-state index >= 15 is 0 Å². The highest BCUT2D eigenvalue weighted by Gasteiger charge is 2.43. The summed E-state index contributed by atoms with van der Waals surface area (Å²) in [5.41, 5.74) is 0.562. The van der Waals surface area contributed by atoms with Gasteiger partial charge in [0, 0.05) is 25.0 Å². The number of carbonyl (C=O) groups excluding carboxylic acids is 1. The Morgan fingerprint density at radius 3 is 3.33 bits per heavy atom. The number of piperidine rings is 1. The van der Waals surface area contributed by atoms with Crippen LogP contribution in [-0.2, 0) is 0 Å². The zero-order valence-electron chi connectivity index (χ0n) is 8.35. The molecule has 0 aromatic carbocycles. The van der Waals surface area contributed by atoms with E-state index in [1.807, 2.05) is 4.90 Å². The minimum absolute atomic E-state index is 0.0550. The van der Waals surface area contributed by atoms with Crippen LogP contribution >= 0.6 is 0 Å². The number of likely N-dealkylation sites (tertiary alicyclic amines) is 1. The molecule has 1 aromatic rings. The van der Waals surface area contributed by atoms with Gasteiger partial charge in [0.05, 0.1) is 11.8 Å². The van der Waals surface area contributed by atoms with Crippen LogP contribution in [0.3, 0.4) is 0 Å². The summed E-state index contributed by atoms with van der Waals surface area (Å²) >= 11 is 0. The van der Waals surface area contributed by atoms with Crippen molar-refractivity contribution in [3.05, 3.63) is 18.0 Å². The van der Waals surface area contributed by atoms with Crippen LogP contribution in [0, 0.1) is 5.92 Å². The number of aromatic nitrogens is 1. The average Bonchev–Trinajstić information content (AvgIpc) is 2.72. The van der Waals surface area contributed by atoms with Gasteiger partial charge in [0.1, 0.15) is 6.26 Å². The zero-order valence-corrected chi connectivity index (χ0v) is 8.35. The molecule has 0 radical (unpaired) electrons. The van der Waals surface area contributed by atoms with Gasteiger partial charge >= 0.3 is 0 Å². The maximum atomic E-state index is 11.9.